The molecule has 0 unspecified atom stereocenters. The van der Waals surface area contributed by atoms with Crippen molar-refractivity contribution in [3.8, 4) is 5.75 Å². The Kier molecular flexibility index (Phi) is 8.17. The molecule has 0 bridgehead atoms. The van der Waals surface area contributed by atoms with Crippen molar-refractivity contribution in [1.82, 2.24) is 0 Å². The predicted octanol–water partition coefficient (Wildman–Crippen LogP) is 6.04. The van der Waals surface area contributed by atoms with Crippen LogP contribution in [0.5, 0.6) is 5.75 Å². The first-order chi connectivity index (χ1) is 12.0. The summed E-state index contributed by atoms with van der Waals surface area (Å²) in [6.45, 7) is 15.1. The van der Waals surface area contributed by atoms with Crippen LogP contribution in [0.2, 0.25) is 0 Å². The van der Waals surface area contributed by atoms with Crippen molar-refractivity contribution >= 4 is 5.97 Å². The van der Waals surface area contributed by atoms with Crippen molar-refractivity contribution < 1.29 is 14.6 Å². The number of carbonyl (C=O) groups excluding carboxylic acids is 1. The van der Waals surface area contributed by atoms with E-state index in [1.54, 1.807) is 0 Å². The number of ether oxygens (including phenoxy) is 1. The van der Waals surface area contributed by atoms with Crippen molar-refractivity contribution in [3.05, 3.63) is 28.8 Å². The molecule has 0 saturated carbocycles. The lowest BCUT2D eigenvalue weighted by molar-refractivity contribution is -0.142. The molecule has 0 saturated heterocycles. The number of phenolic OH excluding ortho intramolecular Hbond substituents is 1. The molecule has 1 aromatic rings. The number of hydrogen-bond donors (Lipinski definition) is 1. The highest BCUT2D eigenvalue weighted by molar-refractivity contribution is 5.73. The molecule has 0 aliphatic carbocycles. The largest absolute Gasteiger partial charge is 0.507 e. The van der Waals surface area contributed by atoms with E-state index in [0.29, 0.717) is 12.4 Å². The van der Waals surface area contributed by atoms with Gasteiger partial charge >= 0.3 is 5.97 Å². The molecule has 0 spiro atoms. The molecule has 1 rings (SSSR count). The molecule has 0 heterocycles. The number of hydrogen-bond acceptors (Lipinski definition) is 3. The lowest BCUT2D eigenvalue weighted by Gasteiger charge is -2.28. The van der Waals surface area contributed by atoms with Crippen molar-refractivity contribution in [2.45, 2.75) is 97.8 Å². The predicted molar refractivity (Wildman–Crippen MR) is 109 cm³/mol. The van der Waals surface area contributed by atoms with E-state index < -0.39 is 0 Å². The minimum atomic E-state index is -0.191. The van der Waals surface area contributed by atoms with Gasteiger partial charge in [0.2, 0.25) is 0 Å². The van der Waals surface area contributed by atoms with Crippen molar-refractivity contribution in [3.63, 3.8) is 0 Å². The third-order valence-electron chi connectivity index (χ3n) is 4.65. The summed E-state index contributed by atoms with van der Waals surface area (Å²) in [5, 5.41) is 10.7. The van der Waals surface area contributed by atoms with E-state index in [0.717, 1.165) is 29.5 Å². The van der Waals surface area contributed by atoms with Crippen LogP contribution in [-0.4, -0.2) is 17.7 Å². The van der Waals surface area contributed by atoms with Gasteiger partial charge in [0.15, 0.2) is 0 Å². The van der Waals surface area contributed by atoms with Gasteiger partial charge < -0.3 is 9.84 Å². The Morgan fingerprint density at radius 1 is 0.923 bits per heavy atom. The van der Waals surface area contributed by atoms with Crippen LogP contribution in [0.15, 0.2) is 12.1 Å². The number of esters is 1. The standard InChI is InChI=1S/C23H38O3/c1-8-9-10-11-12-13-26-20(24)16-17-14-18(22(2,3)4)21(25)19(15-17)23(5,6)7/h14-15,25H,8-13,16H2,1-7H3. The van der Waals surface area contributed by atoms with Crippen LogP contribution in [0.4, 0.5) is 0 Å². The summed E-state index contributed by atoms with van der Waals surface area (Å²) in [5.41, 5.74) is 2.29. The highest BCUT2D eigenvalue weighted by atomic mass is 16.5. The number of phenols is 1. The number of unbranched alkanes of at least 4 members (excludes halogenated alkanes) is 4. The molecule has 0 atom stereocenters. The normalized spacial score (nSPS) is 12.3. The lowest BCUT2D eigenvalue weighted by atomic mass is 9.78. The molecular weight excluding hydrogens is 324 g/mol. The molecule has 0 radical (unpaired) electrons. The molecule has 148 valence electrons. The molecule has 0 aromatic heterocycles. The Bertz CT molecular complexity index is 553. The van der Waals surface area contributed by atoms with Crippen LogP contribution in [0, 0.1) is 0 Å². The number of aromatic hydroxyl groups is 1. The first kappa shape index (κ1) is 22.5. The summed E-state index contributed by atoms with van der Waals surface area (Å²) in [4.78, 5) is 12.2. The molecule has 0 fully saturated rings. The third kappa shape index (κ3) is 7.01. The third-order valence-corrected chi connectivity index (χ3v) is 4.65. The van der Waals surface area contributed by atoms with Gasteiger partial charge in [0, 0.05) is 0 Å². The van der Waals surface area contributed by atoms with Crippen LogP contribution < -0.4 is 0 Å². The minimum Gasteiger partial charge on any atom is -0.507 e. The summed E-state index contributed by atoms with van der Waals surface area (Å²) in [6, 6.07) is 3.90. The van der Waals surface area contributed by atoms with E-state index in [-0.39, 0.29) is 23.2 Å². The molecule has 3 nitrogen and oxygen atoms in total. The quantitative estimate of drug-likeness (QED) is 0.453. The molecule has 1 aromatic carbocycles. The van der Waals surface area contributed by atoms with Gasteiger partial charge in [-0.2, -0.15) is 0 Å². The Morgan fingerprint density at radius 2 is 1.42 bits per heavy atom. The highest BCUT2D eigenvalue weighted by Crippen LogP contribution is 2.39. The number of benzene rings is 1. The molecule has 0 aliphatic rings. The second-order valence-corrected chi connectivity index (χ2v) is 9.35. The summed E-state index contributed by atoms with van der Waals surface area (Å²) < 4.78 is 5.41. The van der Waals surface area contributed by atoms with Gasteiger partial charge in [0.1, 0.15) is 5.75 Å². The van der Waals surface area contributed by atoms with Crippen LogP contribution in [-0.2, 0) is 26.8 Å². The van der Waals surface area contributed by atoms with Gasteiger partial charge in [-0.25, -0.2) is 0 Å². The Balaban J connectivity index is 2.84. The maximum absolute atomic E-state index is 12.2. The highest BCUT2D eigenvalue weighted by Gasteiger charge is 2.27. The van der Waals surface area contributed by atoms with E-state index >= 15 is 0 Å². The second kappa shape index (κ2) is 9.43. The monoisotopic (exact) mass is 362 g/mol. The van der Waals surface area contributed by atoms with Crippen LogP contribution in [0.3, 0.4) is 0 Å². The van der Waals surface area contributed by atoms with Crippen molar-refractivity contribution in [2.75, 3.05) is 6.61 Å². The van der Waals surface area contributed by atoms with Crippen molar-refractivity contribution in [2.24, 2.45) is 0 Å². The fourth-order valence-electron chi connectivity index (χ4n) is 3.05. The van der Waals surface area contributed by atoms with E-state index in [1.807, 2.05) is 12.1 Å². The number of rotatable bonds is 8. The number of carbonyl (C=O) groups is 1. The van der Waals surface area contributed by atoms with Crippen LogP contribution in [0.25, 0.3) is 0 Å². The second-order valence-electron chi connectivity index (χ2n) is 9.35. The zero-order chi connectivity index (χ0) is 20.0. The topological polar surface area (TPSA) is 46.5 Å². The fourth-order valence-corrected chi connectivity index (χ4v) is 3.05. The summed E-state index contributed by atoms with van der Waals surface area (Å²) in [6.07, 6.45) is 5.96. The van der Waals surface area contributed by atoms with Gasteiger partial charge in [-0.15, -0.1) is 0 Å². The first-order valence-electron chi connectivity index (χ1n) is 9.99. The molecule has 1 N–H and O–H groups in total. The maximum atomic E-state index is 12.2. The molecule has 26 heavy (non-hydrogen) atoms. The molecule has 0 aliphatic heterocycles. The summed E-state index contributed by atoms with van der Waals surface area (Å²) in [5.74, 6) is 0.156. The van der Waals surface area contributed by atoms with E-state index in [4.69, 9.17) is 4.74 Å². The zero-order valence-corrected chi connectivity index (χ0v) is 17.9. The zero-order valence-electron chi connectivity index (χ0n) is 17.9. The van der Waals surface area contributed by atoms with Gasteiger partial charge in [0.25, 0.3) is 0 Å². The minimum absolute atomic E-state index is 0.189. The van der Waals surface area contributed by atoms with Crippen LogP contribution in [0.1, 0.15) is 97.3 Å². The summed E-state index contributed by atoms with van der Waals surface area (Å²) >= 11 is 0. The van der Waals surface area contributed by atoms with Crippen molar-refractivity contribution in [1.29, 1.82) is 0 Å². The van der Waals surface area contributed by atoms with E-state index in [9.17, 15) is 9.90 Å². The van der Waals surface area contributed by atoms with Gasteiger partial charge in [-0.3, -0.25) is 4.79 Å². The fraction of sp³-hybridized carbons (Fsp3) is 0.696. The van der Waals surface area contributed by atoms with E-state index in [1.165, 1.54) is 19.3 Å². The maximum Gasteiger partial charge on any atom is 0.310 e. The Morgan fingerprint density at radius 3 is 1.88 bits per heavy atom. The Hall–Kier alpha value is -1.51. The molecular formula is C23H38O3. The smallest absolute Gasteiger partial charge is 0.310 e. The first-order valence-corrected chi connectivity index (χ1v) is 9.99. The van der Waals surface area contributed by atoms with Gasteiger partial charge in [-0.1, -0.05) is 86.3 Å². The van der Waals surface area contributed by atoms with Crippen LogP contribution >= 0.6 is 0 Å². The Labute approximate surface area is 160 Å². The van der Waals surface area contributed by atoms with Gasteiger partial charge in [0.05, 0.1) is 13.0 Å². The van der Waals surface area contributed by atoms with E-state index in [2.05, 4.69) is 48.5 Å². The molecule has 3 heteroatoms. The molecule has 0 amide bonds. The average Bonchev–Trinajstić information content (AvgIpc) is 2.50. The summed E-state index contributed by atoms with van der Waals surface area (Å²) in [7, 11) is 0. The average molecular weight is 363 g/mol. The SMILES string of the molecule is CCCCCCCOC(=O)Cc1cc(C(C)(C)C)c(O)c(C(C)(C)C)c1. The lowest BCUT2D eigenvalue weighted by Crippen LogP contribution is -2.19. The van der Waals surface area contributed by atoms with Gasteiger partial charge in [-0.05, 0) is 33.9 Å².